The summed E-state index contributed by atoms with van der Waals surface area (Å²) in [6.07, 6.45) is 1.00. The third-order valence-corrected chi connectivity index (χ3v) is 4.03. The van der Waals surface area contributed by atoms with Crippen LogP contribution in [0.25, 0.3) is 0 Å². The Morgan fingerprint density at radius 3 is 1.38 bits per heavy atom. The number of carbonyl (C=O) groups excluding carboxylic acids is 2. The van der Waals surface area contributed by atoms with Crippen molar-refractivity contribution in [3.8, 4) is 0 Å². The number of aliphatic carboxylic acids is 2. The molecular formula is C12H24CuN2O4S2. The maximum Gasteiger partial charge on any atom is 2.00 e. The van der Waals surface area contributed by atoms with E-state index in [9.17, 15) is 19.8 Å². The molecule has 0 aliphatic heterocycles. The Balaban J connectivity index is -0.000000295. The van der Waals surface area contributed by atoms with Gasteiger partial charge in [0.2, 0.25) is 0 Å². The summed E-state index contributed by atoms with van der Waals surface area (Å²) in [6, 6.07) is -1.59. The van der Waals surface area contributed by atoms with Crippen LogP contribution in [0.3, 0.4) is 0 Å². The number of hydrogen-bond acceptors (Lipinski definition) is 8. The van der Waals surface area contributed by atoms with Crippen molar-refractivity contribution in [3.63, 3.8) is 0 Å². The van der Waals surface area contributed by atoms with Gasteiger partial charge in [-0.15, -0.1) is 0 Å². The standard InChI is InChI=1S/2C6H13NO2S.Cu/c2*1-2-10-4-3-5(7)6(8)9;/h2*5H,2-4,7H2,1H3,(H,8,9);/q;;+2/p-2/t2*5-;/m00./s1. The first-order valence-corrected chi connectivity index (χ1v) is 8.76. The van der Waals surface area contributed by atoms with Crippen LogP contribution in [0.1, 0.15) is 26.7 Å². The van der Waals surface area contributed by atoms with Crippen LogP contribution >= 0.6 is 23.5 Å². The molecule has 9 heteroatoms. The quantitative estimate of drug-likeness (QED) is 0.338. The summed E-state index contributed by atoms with van der Waals surface area (Å²) in [7, 11) is 0. The molecule has 0 aromatic rings. The molecule has 0 amide bonds. The molecule has 0 aromatic carbocycles. The second kappa shape index (κ2) is 18.1. The maximum atomic E-state index is 10.0. The Morgan fingerprint density at radius 1 is 0.905 bits per heavy atom. The monoisotopic (exact) mass is 387 g/mol. The third-order valence-electron chi connectivity index (χ3n) is 2.16. The van der Waals surface area contributed by atoms with Crippen molar-refractivity contribution in [2.24, 2.45) is 11.5 Å². The predicted molar refractivity (Wildman–Crippen MR) is 81.2 cm³/mol. The fourth-order valence-corrected chi connectivity index (χ4v) is 2.36. The number of hydrogen-bond donors (Lipinski definition) is 2. The Bertz CT molecular complexity index is 248. The zero-order chi connectivity index (χ0) is 16.0. The van der Waals surface area contributed by atoms with Gasteiger partial charge in [-0.3, -0.25) is 0 Å². The predicted octanol–water partition coefficient (Wildman–Crippen LogP) is -1.59. The van der Waals surface area contributed by atoms with E-state index >= 15 is 0 Å². The topological polar surface area (TPSA) is 132 Å². The molecule has 6 nitrogen and oxygen atoms in total. The molecule has 0 saturated carbocycles. The molecule has 0 heterocycles. The molecule has 0 bridgehead atoms. The molecule has 0 fully saturated rings. The summed E-state index contributed by atoms with van der Waals surface area (Å²) in [5.41, 5.74) is 10.4. The molecular weight excluding hydrogens is 364 g/mol. The summed E-state index contributed by atoms with van der Waals surface area (Å²) in [5, 5.41) is 20.1. The van der Waals surface area contributed by atoms with Gasteiger partial charge < -0.3 is 31.3 Å². The van der Waals surface area contributed by atoms with E-state index in [2.05, 4.69) is 0 Å². The number of thioether (sulfide) groups is 2. The molecule has 0 unspecified atom stereocenters. The maximum absolute atomic E-state index is 10.0. The second-order valence-electron chi connectivity index (χ2n) is 3.82. The fourth-order valence-electron chi connectivity index (χ4n) is 0.945. The van der Waals surface area contributed by atoms with Crippen LogP contribution in [0.4, 0.5) is 0 Å². The average molecular weight is 388 g/mol. The van der Waals surface area contributed by atoms with Gasteiger partial charge in [-0.25, -0.2) is 0 Å². The van der Waals surface area contributed by atoms with Crippen LogP contribution in [-0.4, -0.2) is 47.0 Å². The largest absolute Gasteiger partial charge is 2.00 e. The van der Waals surface area contributed by atoms with Crippen LogP contribution in [0.15, 0.2) is 0 Å². The minimum Gasteiger partial charge on any atom is -0.548 e. The van der Waals surface area contributed by atoms with Crippen molar-refractivity contribution in [1.82, 2.24) is 0 Å². The minimum atomic E-state index is -1.16. The normalized spacial score (nSPS) is 12.4. The van der Waals surface area contributed by atoms with Gasteiger partial charge in [-0.2, -0.15) is 23.5 Å². The van der Waals surface area contributed by atoms with Crippen molar-refractivity contribution in [2.45, 2.75) is 38.8 Å². The molecule has 0 aromatic heterocycles. The fraction of sp³-hybridized carbons (Fsp3) is 0.833. The number of nitrogens with two attached hydrogens (primary N) is 2. The van der Waals surface area contributed by atoms with E-state index in [1.807, 2.05) is 13.8 Å². The van der Waals surface area contributed by atoms with Crippen LogP contribution in [0, 0.1) is 0 Å². The molecule has 4 N–H and O–H groups in total. The average Bonchev–Trinajstić information content (AvgIpc) is 2.39. The Hall–Kier alpha value is 0.0795. The zero-order valence-corrected chi connectivity index (χ0v) is 14.9. The minimum absolute atomic E-state index is 0. The first-order valence-electron chi connectivity index (χ1n) is 6.45. The first-order chi connectivity index (χ1) is 9.36. The van der Waals surface area contributed by atoms with Crippen LogP contribution in [0.2, 0.25) is 0 Å². The van der Waals surface area contributed by atoms with E-state index in [4.69, 9.17) is 11.5 Å². The SMILES string of the molecule is CCSCC[C@H](N)C(=O)[O-].CCSCC[C@H](N)C(=O)[O-].[Cu+2]. The molecule has 2 atom stereocenters. The molecule has 0 aliphatic rings. The van der Waals surface area contributed by atoms with Gasteiger partial charge in [0, 0.05) is 12.1 Å². The number of rotatable bonds is 10. The van der Waals surface area contributed by atoms with Gasteiger partial charge in [-0.05, 0) is 35.9 Å². The van der Waals surface area contributed by atoms with Crippen molar-refractivity contribution >= 4 is 35.5 Å². The number of carbonyl (C=O) groups is 2. The van der Waals surface area contributed by atoms with Gasteiger partial charge in [0.15, 0.2) is 0 Å². The number of carboxylic acids is 2. The van der Waals surface area contributed by atoms with Crippen LogP contribution in [0.5, 0.6) is 0 Å². The van der Waals surface area contributed by atoms with Gasteiger partial charge in [-0.1, -0.05) is 13.8 Å². The van der Waals surface area contributed by atoms with E-state index in [0.29, 0.717) is 12.8 Å². The van der Waals surface area contributed by atoms with E-state index in [1.165, 1.54) is 0 Å². The molecule has 0 aliphatic carbocycles. The van der Waals surface area contributed by atoms with Gasteiger partial charge in [0.05, 0.1) is 11.9 Å². The van der Waals surface area contributed by atoms with Crippen molar-refractivity contribution in [2.75, 3.05) is 23.0 Å². The summed E-state index contributed by atoms with van der Waals surface area (Å²) in [5.74, 6) is 1.28. The zero-order valence-electron chi connectivity index (χ0n) is 12.3. The summed E-state index contributed by atoms with van der Waals surface area (Å²) in [4.78, 5) is 20.1. The molecule has 21 heavy (non-hydrogen) atoms. The molecule has 0 saturated heterocycles. The summed E-state index contributed by atoms with van der Waals surface area (Å²) < 4.78 is 0. The first kappa shape index (κ1) is 26.0. The van der Waals surface area contributed by atoms with Gasteiger partial charge in [0.25, 0.3) is 0 Å². The Labute approximate surface area is 145 Å². The number of carboxylic acid groups (broad SMARTS) is 2. The Morgan fingerprint density at radius 2 is 1.19 bits per heavy atom. The molecule has 0 rings (SSSR count). The van der Waals surface area contributed by atoms with E-state index in [1.54, 1.807) is 23.5 Å². The van der Waals surface area contributed by atoms with E-state index < -0.39 is 24.0 Å². The molecule has 0 spiro atoms. The van der Waals surface area contributed by atoms with Gasteiger partial charge in [0.1, 0.15) is 0 Å². The second-order valence-corrected chi connectivity index (χ2v) is 6.61. The van der Waals surface area contributed by atoms with Crippen molar-refractivity contribution in [3.05, 3.63) is 0 Å². The van der Waals surface area contributed by atoms with Crippen molar-refractivity contribution < 1.29 is 36.9 Å². The third kappa shape index (κ3) is 20.1. The molecule has 129 valence electrons. The van der Waals surface area contributed by atoms with E-state index in [0.717, 1.165) is 23.0 Å². The van der Waals surface area contributed by atoms with Crippen LogP contribution < -0.4 is 21.7 Å². The summed E-state index contributed by atoms with van der Waals surface area (Å²) >= 11 is 3.37. The Kier molecular flexibility index (Phi) is 22.4. The van der Waals surface area contributed by atoms with E-state index in [-0.39, 0.29) is 17.1 Å². The smallest absolute Gasteiger partial charge is 0.548 e. The van der Waals surface area contributed by atoms with Gasteiger partial charge >= 0.3 is 17.1 Å². The van der Waals surface area contributed by atoms with Crippen LogP contribution in [-0.2, 0) is 26.7 Å². The summed E-state index contributed by atoms with van der Waals surface area (Å²) in [6.45, 7) is 4.05. The van der Waals surface area contributed by atoms with Crippen molar-refractivity contribution in [1.29, 1.82) is 0 Å². The molecule has 1 radical (unpaired) electrons.